The van der Waals surface area contributed by atoms with Crippen molar-refractivity contribution in [1.82, 2.24) is 66.6 Å². The number of hydrogen-bond acceptors (Lipinski definition) is 15. The Morgan fingerprint density at radius 2 is 1.63 bits per heavy atom. The smallest absolute Gasteiger partial charge is 0.253 e. The summed E-state index contributed by atoms with van der Waals surface area (Å²) in [6.45, 7) is 3.95. The average Bonchev–Trinajstić information content (AvgIpc) is 4.15. The van der Waals surface area contributed by atoms with Crippen LogP contribution >= 0.6 is 0 Å². The summed E-state index contributed by atoms with van der Waals surface area (Å²) in [7, 11) is 0. The summed E-state index contributed by atoms with van der Waals surface area (Å²) in [5.41, 5.74) is 4.47. The molecule has 5 aromatic rings. The molecule has 2 aliphatic heterocycles. The summed E-state index contributed by atoms with van der Waals surface area (Å²) in [5.74, 6) is -2.64. The van der Waals surface area contributed by atoms with E-state index in [0.717, 1.165) is 38.6 Å². The van der Waals surface area contributed by atoms with Gasteiger partial charge in [-0.1, -0.05) is 42.0 Å². The van der Waals surface area contributed by atoms with E-state index < -0.39 is 36.2 Å². The first-order valence-corrected chi connectivity index (χ1v) is 23.1. The van der Waals surface area contributed by atoms with Gasteiger partial charge < -0.3 is 41.0 Å². The third kappa shape index (κ3) is 13.8. The van der Waals surface area contributed by atoms with Crippen molar-refractivity contribution < 1.29 is 43.0 Å². The van der Waals surface area contributed by atoms with E-state index in [1.54, 1.807) is 47.5 Å². The lowest BCUT2D eigenvalue weighted by atomic mass is 10.0. The van der Waals surface area contributed by atoms with Crippen LogP contribution in [0.4, 0.5) is 5.82 Å². The fraction of sp³-hybridized carbons (Fsp3) is 0.404. The van der Waals surface area contributed by atoms with Crippen LogP contribution in [0.15, 0.2) is 79.3 Å². The number of aromatic amines is 1. The number of anilines is 1. The molecule has 6 heterocycles. The standard InChI is InChI=1S/C47H56N14O9/c1-31-30-70-22-19-59(31)38-25-34(33-13-15-49-46(45(33)56-38)35-14-16-53-57-35)37-26-54-58-61(37)20-23-69-21-17-48-40(63)28-52-47(68)36(24-32-8-4-2-5-9-32)55-42(65)29-51-41(64)27-50-39(62)10-6-3-7-18-60-43(66)11-12-44(60)67/h2,4-5,8-9,11-16,25-26,31,36H,3,6-7,10,17-24,27-30H2,1H3,(H,48,63)(H,50,62)(H,51,64)(H,52,68)(H,53,57)(H,55,65)/t31-,36+/m1/s1. The molecule has 2 atom stereocenters. The van der Waals surface area contributed by atoms with Crippen LogP contribution in [0.3, 0.4) is 0 Å². The van der Waals surface area contributed by atoms with Crippen LogP contribution in [0, 0.1) is 0 Å². The van der Waals surface area contributed by atoms with Crippen molar-refractivity contribution in [2.75, 3.05) is 70.6 Å². The SMILES string of the molecule is C[C@@H]1COCCN1c1cc(-c2cnnn2CCOCCNC(=O)CNC(=O)[C@H](Cc2ccccc2)NC(=O)CNC(=O)CNC(=O)CCCCCN2C(=O)C=CC2=O)c2ccnc(-c3ccn[nH]3)c2n1. The zero-order chi connectivity index (χ0) is 49.2. The van der Waals surface area contributed by atoms with E-state index in [1.165, 1.54) is 12.2 Å². The molecule has 70 heavy (non-hydrogen) atoms. The molecule has 0 radical (unpaired) electrons. The Balaban J connectivity index is 0.829. The van der Waals surface area contributed by atoms with Crippen LogP contribution in [0.25, 0.3) is 33.5 Å². The van der Waals surface area contributed by atoms with E-state index in [4.69, 9.17) is 14.5 Å². The van der Waals surface area contributed by atoms with Gasteiger partial charge in [0.2, 0.25) is 29.5 Å². The fourth-order valence-electron chi connectivity index (χ4n) is 7.85. The number of amides is 7. The van der Waals surface area contributed by atoms with Crippen molar-refractivity contribution in [2.24, 2.45) is 0 Å². The minimum absolute atomic E-state index is 0.101. The number of morpholine rings is 1. The summed E-state index contributed by atoms with van der Waals surface area (Å²) >= 11 is 0. The van der Waals surface area contributed by atoms with Gasteiger partial charge in [0, 0.05) is 68.0 Å². The largest absolute Gasteiger partial charge is 0.378 e. The molecule has 23 heteroatoms. The van der Waals surface area contributed by atoms with E-state index in [-0.39, 0.29) is 76.0 Å². The molecule has 0 unspecified atom stereocenters. The molecule has 0 bridgehead atoms. The molecule has 0 spiro atoms. The predicted molar refractivity (Wildman–Crippen MR) is 253 cm³/mol. The number of imide groups is 1. The number of fused-ring (bicyclic) bond motifs is 1. The predicted octanol–water partition coefficient (Wildman–Crippen LogP) is 0.198. The van der Waals surface area contributed by atoms with Crippen molar-refractivity contribution in [1.29, 1.82) is 0 Å². The lowest BCUT2D eigenvalue weighted by Gasteiger charge is -2.34. The van der Waals surface area contributed by atoms with Gasteiger partial charge in [0.1, 0.15) is 23.1 Å². The summed E-state index contributed by atoms with van der Waals surface area (Å²) in [5, 5.41) is 29.4. The van der Waals surface area contributed by atoms with Crippen molar-refractivity contribution in [2.45, 2.75) is 57.7 Å². The number of carbonyl (C=O) groups excluding carboxylic acids is 7. The summed E-state index contributed by atoms with van der Waals surface area (Å²) in [6, 6.07) is 13.8. The molecule has 1 saturated heterocycles. The van der Waals surface area contributed by atoms with Gasteiger partial charge in [0.25, 0.3) is 11.8 Å². The van der Waals surface area contributed by atoms with Gasteiger partial charge >= 0.3 is 0 Å². The van der Waals surface area contributed by atoms with Crippen molar-refractivity contribution in [3.63, 3.8) is 0 Å². The zero-order valence-electron chi connectivity index (χ0n) is 38.7. The molecule has 368 valence electrons. The van der Waals surface area contributed by atoms with E-state index in [0.29, 0.717) is 56.8 Å². The minimum atomic E-state index is -1.07. The Morgan fingerprint density at radius 1 is 0.857 bits per heavy atom. The molecule has 2 aliphatic rings. The Bertz CT molecular complexity index is 2640. The van der Waals surface area contributed by atoms with Crippen LogP contribution in [0.2, 0.25) is 0 Å². The summed E-state index contributed by atoms with van der Waals surface area (Å²) < 4.78 is 13.3. The van der Waals surface area contributed by atoms with Crippen molar-refractivity contribution >= 4 is 58.1 Å². The van der Waals surface area contributed by atoms with E-state index in [1.807, 2.05) is 24.3 Å². The van der Waals surface area contributed by atoms with Gasteiger partial charge in [0.05, 0.1) is 76.2 Å². The number of unbranched alkanes of at least 4 members (excludes halogenated alkanes) is 2. The number of hydrogen-bond donors (Lipinski definition) is 6. The summed E-state index contributed by atoms with van der Waals surface area (Å²) in [6.07, 6.45) is 9.43. The third-order valence-corrected chi connectivity index (χ3v) is 11.5. The zero-order valence-corrected chi connectivity index (χ0v) is 38.7. The van der Waals surface area contributed by atoms with Crippen LogP contribution < -0.4 is 31.5 Å². The second kappa shape index (κ2) is 24.9. The number of nitrogens with one attached hydrogen (secondary N) is 6. The number of nitrogens with zero attached hydrogens (tertiary/aromatic N) is 8. The van der Waals surface area contributed by atoms with Gasteiger partial charge in [0.15, 0.2) is 0 Å². The van der Waals surface area contributed by atoms with Gasteiger partial charge in [-0.05, 0) is 43.5 Å². The molecule has 1 aromatic carbocycles. The normalized spacial score (nSPS) is 15.0. The van der Waals surface area contributed by atoms with Gasteiger partial charge in [-0.15, -0.1) is 5.10 Å². The first-order chi connectivity index (χ1) is 34.0. The van der Waals surface area contributed by atoms with Crippen LogP contribution in [0.1, 0.15) is 38.2 Å². The number of ether oxygens (including phenoxy) is 2. The maximum Gasteiger partial charge on any atom is 0.253 e. The monoisotopic (exact) mass is 960 g/mol. The highest BCUT2D eigenvalue weighted by molar-refractivity contribution is 6.12. The van der Waals surface area contributed by atoms with E-state index in [2.05, 4.69) is 63.9 Å². The molecule has 4 aromatic heterocycles. The topological polar surface area (TPSA) is 290 Å². The average molecular weight is 961 g/mol. The second-order valence-electron chi connectivity index (χ2n) is 16.5. The highest BCUT2D eigenvalue weighted by Crippen LogP contribution is 2.35. The van der Waals surface area contributed by atoms with Crippen LogP contribution in [-0.4, -0.2) is 159 Å². The molecular weight excluding hydrogens is 905 g/mol. The molecule has 7 amide bonds. The molecular formula is C47H56N14O9. The Labute approximate surface area is 402 Å². The quantitative estimate of drug-likeness (QED) is 0.0337. The first-order valence-electron chi connectivity index (χ1n) is 23.1. The van der Waals surface area contributed by atoms with Gasteiger partial charge in [-0.25, -0.2) is 9.67 Å². The van der Waals surface area contributed by atoms with E-state index in [9.17, 15) is 33.6 Å². The van der Waals surface area contributed by atoms with Crippen molar-refractivity contribution in [3.05, 3.63) is 84.8 Å². The number of rotatable bonds is 25. The first kappa shape index (κ1) is 50.0. The Morgan fingerprint density at radius 3 is 2.41 bits per heavy atom. The van der Waals surface area contributed by atoms with Gasteiger partial charge in [-0.3, -0.25) is 48.5 Å². The maximum absolute atomic E-state index is 13.3. The lowest BCUT2D eigenvalue weighted by Crippen LogP contribution is -2.52. The molecule has 1 fully saturated rings. The second-order valence-corrected chi connectivity index (χ2v) is 16.5. The molecule has 6 N–H and O–H groups in total. The highest BCUT2D eigenvalue weighted by Gasteiger charge is 2.26. The van der Waals surface area contributed by atoms with Crippen LogP contribution in [-0.2, 0) is 56.0 Å². The number of pyridine rings is 2. The Hall–Kier alpha value is -7.92. The number of aromatic nitrogens is 7. The number of carbonyl (C=O) groups is 7. The van der Waals surface area contributed by atoms with Gasteiger partial charge in [-0.2, -0.15) is 5.10 Å². The van der Waals surface area contributed by atoms with Crippen molar-refractivity contribution in [3.8, 4) is 22.6 Å². The van der Waals surface area contributed by atoms with E-state index >= 15 is 0 Å². The molecule has 7 rings (SSSR count). The molecule has 23 nitrogen and oxygen atoms in total. The lowest BCUT2D eigenvalue weighted by molar-refractivity contribution is -0.137. The number of benzene rings is 1. The number of H-pyrrole nitrogens is 1. The summed E-state index contributed by atoms with van der Waals surface area (Å²) in [4.78, 5) is 100.0. The highest BCUT2D eigenvalue weighted by atomic mass is 16.5. The molecule has 0 aliphatic carbocycles. The van der Waals surface area contributed by atoms with Crippen LogP contribution in [0.5, 0.6) is 0 Å². The fourth-order valence-corrected chi connectivity index (χ4v) is 7.85. The third-order valence-electron chi connectivity index (χ3n) is 11.5. The molecule has 0 saturated carbocycles. The maximum atomic E-state index is 13.3. The Kier molecular flexibility index (Phi) is 17.8. The minimum Gasteiger partial charge on any atom is -0.378 e.